The van der Waals surface area contributed by atoms with Crippen molar-refractivity contribution in [1.29, 1.82) is 0 Å². The summed E-state index contributed by atoms with van der Waals surface area (Å²) in [6, 6.07) is 17.5. The van der Waals surface area contributed by atoms with Crippen LogP contribution in [0.5, 0.6) is 11.5 Å². The third kappa shape index (κ3) is 4.50. The molecule has 1 amide bonds. The van der Waals surface area contributed by atoms with Gasteiger partial charge in [-0.3, -0.25) is 9.59 Å². The second-order valence-electron chi connectivity index (χ2n) is 7.93. The first-order chi connectivity index (χ1) is 16.3. The molecule has 1 N–H and O–H groups in total. The van der Waals surface area contributed by atoms with Crippen molar-refractivity contribution in [1.82, 2.24) is 0 Å². The van der Waals surface area contributed by atoms with Crippen molar-refractivity contribution in [2.24, 2.45) is 0 Å². The van der Waals surface area contributed by atoms with Crippen molar-refractivity contribution in [3.8, 4) is 11.5 Å². The van der Waals surface area contributed by atoms with E-state index in [-0.39, 0.29) is 11.4 Å². The van der Waals surface area contributed by atoms with Gasteiger partial charge in [0.1, 0.15) is 17.1 Å². The van der Waals surface area contributed by atoms with Crippen LogP contribution in [0.2, 0.25) is 5.02 Å². The van der Waals surface area contributed by atoms with Crippen LogP contribution in [0.1, 0.15) is 34.2 Å². The van der Waals surface area contributed by atoms with E-state index in [1.165, 1.54) is 13.2 Å². The predicted molar refractivity (Wildman–Crippen MR) is 132 cm³/mol. The van der Waals surface area contributed by atoms with Gasteiger partial charge in [0.25, 0.3) is 5.91 Å². The molecule has 3 aromatic carbocycles. The Morgan fingerprint density at radius 2 is 1.76 bits per heavy atom. The molecule has 1 atom stereocenters. The molecule has 1 heterocycles. The summed E-state index contributed by atoms with van der Waals surface area (Å²) in [6.07, 6.45) is -0.812. The largest absolute Gasteiger partial charge is 0.495 e. The van der Waals surface area contributed by atoms with Crippen molar-refractivity contribution >= 4 is 39.9 Å². The average molecular weight is 478 g/mol. The van der Waals surface area contributed by atoms with E-state index < -0.39 is 17.8 Å². The average Bonchev–Trinajstić information content (AvgIpc) is 3.19. The summed E-state index contributed by atoms with van der Waals surface area (Å²) in [5.41, 5.74) is 3.10. The summed E-state index contributed by atoms with van der Waals surface area (Å²) in [4.78, 5) is 26.4. The van der Waals surface area contributed by atoms with Crippen LogP contribution in [0.25, 0.3) is 11.0 Å². The molecule has 0 aliphatic rings. The number of anilines is 1. The lowest BCUT2D eigenvalue weighted by molar-refractivity contribution is -0.122. The quantitative estimate of drug-likeness (QED) is 0.314. The third-order valence-corrected chi connectivity index (χ3v) is 5.99. The van der Waals surface area contributed by atoms with Crippen LogP contribution in [0, 0.1) is 13.8 Å². The number of benzene rings is 3. The minimum Gasteiger partial charge on any atom is -0.495 e. The smallest absolute Gasteiger partial charge is 0.265 e. The van der Waals surface area contributed by atoms with Gasteiger partial charge in [-0.05, 0) is 68.3 Å². The minimum absolute atomic E-state index is 0.00900. The van der Waals surface area contributed by atoms with Crippen molar-refractivity contribution in [2.45, 2.75) is 26.9 Å². The molecule has 0 radical (unpaired) electrons. The van der Waals surface area contributed by atoms with E-state index in [9.17, 15) is 9.59 Å². The molecule has 7 heteroatoms. The molecule has 4 rings (SSSR count). The normalized spacial score (nSPS) is 11.8. The maximum Gasteiger partial charge on any atom is 0.265 e. The second kappa shape index (κ2) is 9.61. The van der Waals surface area contributed by atoms with E-state index in [1.807, 2.05) is 38.1 Å². The van der Waals surface area contributed by atoms with Gasteiger partial charge >= 0.3 is 0 Å². The highest BCUT2D eigenvalue weighted by molar-refractivity contribution is 6.32. The molecule has 0 aliphatic heterocycles. The highest BCUT2D eigenvalue weighted by Crippen LogP contribution is 2.34. The van der Waals surface area contributed by atoms with Gasteiger partial charge in [0, 0.05) is 10.9 Å². The number of carbonyl (C=O) groups excluding carboxylic acids is 2. The number of halogens is 1. The van der Waals surface area contributed by atoms with E-state index in [0.717, 1.165) is 11.1 Å². The maximum atomic E-state index is 13.3. The van der Waals surface area contributed by atoms with E-state index >= 15 is 0 Å². The first-order valence-corrected chi connectivity index (χ1v) is 11.1. The number of ether oxygens (including phenoxy) is 2. The number of amides is 1. The Kier molecular flexibility index (Phi) is 6.61. The van der Waals surface area contributed by atoms with Crippen LogP contribution in [0.3, 0.4) is 0 Å². The molecule has 0 saturated carbocycles. The number of furan rings is 1. The molecule has 0 bridgehead atoms. The zero-order valence-corrected chi connectivity index (χ0v) is 20.0. The van der Waals surface area contributed by atoms with Crippen molar-refractivity contribution in [2.75, 3.05) is 12.4 Å². The number of ketones is 1. The Morgan fingerprint density at radius 1 is 1.00 bits per heavy atom. The van der Waals surface area contributed by atoms with Crippen molar-refractivity contribution in [3.05, 3.63) is 88.1 Å². The number of para-hydroxylation sites is 1. The maximum absolute atomic E-state index is 13.3. The first-order valence-electron chi connectivity index (χ1n) is 10.7. The summed E-state index contributed by atoms with van der Waals surface area (Å²) < 4.78 is 16.9. The molecule has 0 fully saturated rings. The molecular weight excluding hydrogens is 454 g/mol. The topological polar surface area (TPSA) is 77.8 Å². The van der Waals surface area contributed by atoms with Crippen LogP contribution in [-0.4, -0.2) is 24.9 Å². The van der Waals surface area contributed by atoms with Gasteiger partial charge in [0.2, 0.25) is 5.78 Å². The molecule has 174 valence electrons. The van der Waals surface area contributed by atoms with Crippen LogP contribution in [0.15, 0.2) is 65.1 Å². The lowest BCUT2D eigenvalue weighted by Gasteiger charge is -2.17. The van der Waals surface area contributed by atoms with Crippen molar-refractivity contribution in [3.63, 3.8) is 0 Å². The minimum atomic E-state index is -0.812. The van der Waals surface area contributed by atoms with Gasteiger partial charge < -0.3 is 19.2 Å². The summed E-state index contributed by atoms with van der Waals surface area (Å²) in [7, 11) is 1.50. The van der Waals surface area contributed by atoms with Gasteiger partial charge in [0.15, 0.2) is 11.9 Å². The first kappa shape index (κ1) is 23.4. The van der Waals surface area contributed by atoms with Gasteiger partial charge in [-0.1, -0.05) is 35.9 Å². The number of carbonyl (C=O) groups is 2. The molecule has 6 nitrogen and oxygen atoms in total. The molecule has 0 aliphatic carbocycles. The SMILES string of the molecule is COc1ccc(C(=O)c2oc3ccccc3c2NC(=O)C(C)Oc2cccc(C)c2C)cc1Cl. The van der Waals surface area contributed by atoms with Gasteiger partial charge in [-0.15, -0.1) is 0 Å². The summed E-state index contributed by atoms with van der Waals surface area (Å²) >= 11 is 6.21. The third-order valence-electron chi connectivity index (χ3n) is 5.69. The molecule has 4 aromatic rings. The Labute approximate surface area is 202 Å². The number of nitrogens with one attached hydrogen (secondary N) is 1. The lowest BCUT2D eigenvalue weighted by atomic mass is 10.1. The number of fused-ring (bicyclic) bond motifs is 1. The highest BCUT2D eigenvalue weighted by atomic mass is 35.5. The van der Waals surface area contributed by atoms with E-state index in [2.05, 4.69) is 5.32 Å². The Bertz CT molecular complexity index is 1390. The van der Waals surface area contributed by atoms with E-state index in [1.54, 1.807) is 37.3 Å². The molecule has 1 unspecified atom stereocenters. The monoisotopic (exact) mass is 477 g/mol. The number of rotatable bonds is 7. The van der Waals surface area contributed by atoms with Crippen LogP contribution < -0.4 is 14.8 Å². The molecule has 34 heavy (non-hydrogen) atoms. The Hall–Kier alpha value is -3.77. The number of aryl methyl sites for hydroxylation is 1. The Balaban J connectivity index is 1.66. The van der Waals surface area contributed by atoms with Crippen LogP contribution in [0.4, 0.5) is 5.69 Å². The van der Waals surface area contributed by atoms with E-state index in [0.29, 0.717) is 33.1 Å². The summed E-state index contributed by atoms with van der Waals surface area (Å²) in [6.45, 7) is 5.58. The fraction of sp³-hybridized carbons (Fsp3) is 0.185. The molecule has 0 saturated heterocycles. The molecular formula is C27H24ClNO5. The van der Waals surface area contributed by atoms with Crippen LogP contribution >= 0.6 is 11.6 Å². The molecule has 1 aromatic heterocycles. The number of methoxy groups -OCH3 is 1. The summed E-state index contributed by atoms with van der Waals surface area (Å²) in [5, 5.41) is 3.75. The zero-order chi connectivity index (χ0) is 24.4. The standard InChI is InChI=1S/C27H24ClNO5/c1-15-8-7-11-21(16(15)2)33-17(3)27(31)29-24-19-9-5-6-10-22(19)34-26(24)25(30)18-12-13-23(32-4)20(28)14-18/h5-14,17H,1-4H3,(H,29,31). The number of hydrogen-bond acceptors (Lipinski definition) is 5. The van der Waals surface area contributed by atoms with E-state index in [4.69, 9.17) is 25.5 Å². The number of hydrogen-bond donors (Lipinski definition) is 1. The van der Waals surface area contributed by atoms with Crippen molar-refractivity contribution < 1.29 is 23.5 Å². The fourth-order valence-corrected chi connectivity index (χ4v) is 3.85. The zero-order valence-electron chi connectivity index (χ0n) is 19.3. The van der Waals surface area contributed by atoms with Gasteiger partial charge in [-0.2, -0.15) is 0 Å². The van der Waals surface area contributed by atoms with Gasteiger partial charge in [0.05, 0.1) is 17.8 Å². The Morgan fingerprint density at radius 3 is 2.50 bits per heavy atom. The lowest BCUT2D eigenvalue weighted by Crippen LogP contribution is -2.30. The fourth-order valence-electron chi connectivity index (χ4n) is 3.59. The molecule has 0 spiro atoms. The van der Waals surface area contributed by atoms with Gasteiger partial charge in [-0.25, -0.2) is 0 Å². The summed E-state index contributed by atoms with van der Waals surface area (Å²) in [5.74, 6) is 0.265. The second-order valence-corrected chi connectivity index (χ2v) is 8.34. The van der Waals surface area contributed by atoms with Crippen LogP contribution in [-0.2, 0) is 4.79 Å². The predicted octanol–water partition coefficient (Wildman–Crippen LogP) is 6.35. The highest BCUT2D eigenvalue weighted by Gasteiger charge is 2.26.